The third-order valence-corrected chi connectivity index (χ3v) is 2.37. The van der Waals surface area contributed by atoms with Crippen LogP contribution in [0.4, 0.5) is 5.82 Å². The van der Waals surface area contributed by atoms with Gasteiger partial charge < -0.3 is 5.73 Å². The summed E-state index contributed by atoms with van der Waals surface area (Å²) in [6.07, 6.45) is 1.69. The van der Waals surface area contributed by atoms with Gasteiger partial charge in [0.25, 0.3) is 0 Å². The molecule has 2 N–H and O–H groups in total. The Morgan fingerprint density at radius 1 is 1.25 bits per heavy atom. The topological polar surface area (TPSA) is 51.8 Å². The number of rotatable bonds is 0. The van der Waals surface area contributed by atoms with Gasteiger partial charge in [-0.1, -0.05) is 28.1 Å². The fourth-order valence-corrected chi connectivity index (χ4v) is 1.56. The Bertz CT molecular complexity index is 386. The van der Waals surface area contributed by atoms with Crippen molar-refractivity contribution in [2.24, 2.45) is 0 Å². The van der Waals surface area contributed by atoms with Crippen molar-refractivity contribution in [3.63, 3.8) is 0 Å². The summed E-state index contributed by atoms with van der Waals surface area (Å²) in [5.74, 6) is 0.466. The minimum Gasteiger partial charge on any atom is -0.382 e. The molecular weight excluding hydrogens is 218 g/mol. The van der Waals surface area contributed by atoms with E-state index in [1.807, 2.05) is 18.2 Å². The minimum atomic E-state index is 0.466. The second kappa shape index (κ2) is 2.71. The SMILES string of the molecule is Nc1nncc2c(Br)cccc12. The van der Waals surface area contributed by atoms with Crippen LogP contribution in [-0.4, -0.2) is 10.2 Å². The number of nitrogen functional groups attached to an aromatic ring is 1. The van der Waals surface area contributed by atoms with Gasteiger partial charge in [0.15, 0.2) is 5.82 Å². The molecule has 1 aromatic heterocycles. The fourth-order valence-electron chi connectivity index (χ4n) is 1.09. The second-order valence-electron chi connectivity index (χ2n) is 2.43. The van der Waals surface area contributed by atoms with Crippen LogP contribution >= 0.6 is 15.9 Å². The predicted octanol–water partition coefficient (Wildman–Crippen LogP) is 1.97. The van der Waals surface area contributed by atoms with E-state index in [4.69, 9.17) is 5.73 Å². The van der Waals surface area contributed by atoms with Gasteiger partial charge in [0.05, 0.1) is 6.20 Å². The van der Waals surface area contributed by atoms with Crippen molar-refractivity contribution in [1.29, 1.82) is 0 Å². The van der Waals surface area contributed by atoms with Crippen LogP contribution in [0.2, 0.25) is 0 Å². The van der Waals surface area contributed by atoms with E-state index in [9.17, 15) is 0 Å². The number of hydrogen-bond acceptors (Lipinski definition) is 3. The number of nitrogens with two attached hydrogens (primary N) is 1. The van der Waals surface area contributed by atoms with Crippen molar-refractivity contribution in [2.75, 3.05) is 5.73 Å². The molecule has 1 aromatic carbocycles. The first-order chi connectivity index (χ1) is 5.79. The molecule has 0 atom stereocenters. The van der Waals surface area contributed by atoms with Crippen molar-refractivity contribution in [1.82, 2.24) is 10.2 Å². The standard InChI is InChI=1S/C8H6BrN3/c9-7-3-1-2-5-6(7)4-11-12-8(5)10/h1-4H,(H2,10,12). The number of halogens is 1. The van der Waals surface area contributed by atoms with E-state index < -0.39 is 0 Å². The van der Waals surface area contributed by atoms with Crippen LogP contribution < -0.4 is 5.73 Å². The van der Waals surface area contributed by atoms with E-state index in [1.165, 1.54) is 0 Å². The number of fused-ring (bicyclic) bond motifs is 1. The van der Waals surface area contributed by atoms with E-state index in [-0.39, 0.29) is 0 Å². The Labute approximate surface area is 77.7 Å². The molecule has 1 heterocycles. The Kier molecular flexibility index (Phi) is 1.69. The lowest BCUT2D eigenvalue weighted by atomic mass is 10.2. The number of aromatic nitrogens is 2. The smallest absolute Gasteiger partial charge is 0.154 e. The van der Waals surface area contributed by atoms with Crippen molar-refractivity contribution in [3.8, 4) is 0 Å². The lowest BCUT2D eigenvalue weighted by Gasteiger charge is -2.00. The number of benzene rings is 1. The quantitative estimate of drug-likeness (QED) is 0.744. The second-order valence-corrected chi connectivity index (χ2v) is 3.29. The molecule has 0 unspecified atom stereocenters. The van der Waals surface area contributed by atoms with Gasteiger partial charge in [-0.3, -0.25) is 0 Å². The summed E-state index contributed by atoms with van der Waals surface area (Å²) in [6.45, 7) is 0. The van der Waals surface area contributed by atoms with Crippen LogP contribution in [-0.2, 0) is 0 Å². The van der Waals surface area contributed by atoms with Gasteiger partial charge in [0.2, 0.25) is 0 Å². The van der Waals surface area contributed by atoms with Crippen molar-refractivity contribution < 1.29 is 0 Å². The molecule has 0 fully saturated rings. The Hall–Kier alpha value is -1.16. The Morgan fingerprint density at radius 3 is 2.83 bits per heavy atom. The molecule has 4 heteroatoms. The molecule has 0 aliphatic rings. The lowest BCUT2D eigenvalue weighted by Crippen LogP contribution is -1.93. The molecule has 0 aliphatic carbocycles. The summed E-state index contributed by atoms with van der Waals surface area (Å²) < 4.78 is 0.988. The zero-order valence-corrected chi connectivity index (χ0v) is 7.75. The van der Waals surface area contributed by atoms with E-state index in [0.29, 0.717) is 5.82 Å². The average Bonchev–Trinajstić information content (AvgIpc) is 2.07. The highest BCUT2D eigenvalue weighted by molar-refractivity contribution is 9.10. The minimum absolute atomic E-state index is 0.466. The van der Waals surface area contributed by atoms with Crippen molar-refractivity contribution >= 4 is 32.5 Å². The first-order valence-electron chi connectivity index (χ1n) is 3.44. The third kappa shape index (κ3) is 1.04. The van der Waals surface area contributed by atoms with Gasteiger partial charge in [-0.25, -0.2) is 0 Å². The van der Waals surface area contributed by atoms with Crippen LogP contribution in [0.1, 0.15) is 0 Å². The number of hydrogen-bond donors (Lipinski definition) is 1. The van der Waals surface area contributed by atoms with Crippen molar-refractivity contribution in [2.45, 2.75) is 0 Å². The fraction of sp³-hybridized carbons (Fsp3) is 0. The molecule has 2 aromatic rings. The van der Waals surface area contributed by atoms with E-state index in [0.717, 1.165) is 15.2 Å². The summed E-state index contributed by atoms with van der Waals surface area (Å²) in [5, 5.41) is 9.44. The van der Waals surface area contributed by atoms with Gasteiger partial charge in [-0.15, -0.1) is 5.10 Å². The average molecular weight is 224 g/mol. The first kappa shape index (κ1) is 7.49. The molecule has 0 spiro atoms. The summed E-state index contributed by atoms with van der Waals surface area (Å²) in [6, 6.07) is 5.79. The van der Waals surface area contributed by atoms with Gasteiger partial charge in [-0.05, 0) is 6.07 Å². The molecule has 0 bridgehead atoms. The zero-order valence-electron chi connectivity index (χ0n) is 6.16. The lowest BCUT2D eigenvalue weighted by molar-refractivity contribution is 1.06. The highest BCUT2D eigenvalue weighted by Crippen LogP contribution is 2.24. The first-order valence-corrected chi connectivity index (χ1v) is 4.24. The van der Waals surface area contributed by atoms with Crippen LogP contribution in [0.15, 0.2) is 28.9 Å². The maximum atomic E-state index is 5.63. The molecule has 3 nitrogen and oxygen atoms in total. The summed E-state index contributed by atoms with van der Waals surface area (Å²) in [7, 11) is 0. The molecule has 0 aliphatic heterocycles. The van der Waals surface area contributed by atoms with Crippen LogP contribution in [0.25, 0.3) is 10.8 Å². The van der Waals surface area contributed by atoms with Gasteiger partial charge in [0, 0.05) is 15.2 Å². The monoisotopic (exact) mass is 223 g/mol. The number of nitrogens with zero attached hydrogens (tertiary/aromatic N) is 2. The zero-order chi connectivity index (χ0) is 8.55. The van der Waals surface area contributed by atoms with Gasteiger partial charge in [0.1, 0.15) is 0 Å². The molecule has 12 heavy (non-hydrogen) atoms. The van der Waals surface area contributed by atoms with Crippen molar-refractivity contribution in [3.05, 3.63) is 28.9 Å². The van der Waals surface area contributed by atoms with E-state index >= 15 is 0 Å². The Morgan fingerprint density at radius 2 is 2.08 bits per heavy atom. The molecule has 0 amide bonds. The maximum absolute atomic E-state index is 5.63. The molecular formula is C8H6BrN3. The van der Waals surface area contributed by atoms with Gasteiger partial charge in [-0.2, -0.15) is 5.10 Å². The summed E-state index contributed by atoms with van der Waals surface area (Å²) >= 11 is 3.41. The largest absolute Gasteiger partial charge is 0.382 e. The molecule has 0 radical (unpaired) electrons. The molecule has 0 saturated heterocycles. The van der Waals surface area contributed by atoms with E-state index in [1.54, 1.807) is 6.20 Å². The molecule has 2 rings (SSSR count). The van der Waals surface area contributed by atoms with Crippen LogP contribution in [0.5, 0.6) is 0 Å². The van der Waals surface area contributed by atoms with Gasteiger partial charge >= 0.3 is 0 Å². The molecule has 0 saturated carbocycles. The highest BCUT2D eigenvalue weighted by atomic mass is 79.9. The van der Waals surface area contributed by atoms with E-state index in [2.05, 4.69) is 26.1 Å². The normalized spacial score (nSPS) is 10.4. The molecule has 60 valence electrons. The third-order valence-electron chi connectivity index (χ3n) is 1.68. The highest BCUT2D eigenvalue weighted by Gasteiger charge is 2.00. The van der Waals surface area contributed by atoms with Crippen LogP contribution in [0, 0.1) is 0 Å². The summed E-state index contributed by atoms with van der Waals surface area (Å²) in [4.78, 5) is 0. The predicted molar refractivity (Wildman–Crippen MR) is 51.7 cm³/mol. The maximum Gasteiger partial charge on any atom is 0.154 e. The van der Waals surface area contributed by atoms with Crippen LogP contribution in [0.3, 0.4) is 0 Å². The number of anilines is 1. The summed E-state index contributed by atoms with van der Waals surface area (Å²) in [5.41, 5.74) is 5.63. The Balaban J connectivity index is 2.94.